The molecule has 0 aliphatic carbocycles. The van der Waals surface area contributed by atoms with E-state index in [1.165, 1.54) is 5.56 Å². The Morgan fingerprint density at radius 1 is 1.04 bits per heavy atom. The van der Waals surface area contributed by atoms with Crippen LogP contribution in [-0.2, 0) is 27.3 Å². The highest BCUT2D eigenvalue weighted by atomic mass is 16.5. The zero-order valence-corrected chi connectivity index (χ0v) is 15.8. The number of hydrogen-bond acceptors (Lipinski definition) is 5. The predicted molar refractivity (Wildman–Crippen MR) is 105 cm³/mol. The van der Waals surface area contributed by atoms with Crippen LogP contribution in [-0.4, -0.2) is 32.1 Å². The van der Waals surface area contributed by atoms with E-state index >= 15 is 0 Å². The van der Waals surface area contributed by atoms with E-state index in [0.717, 1.165) is 18.2 Å². The van der Waals surface area contributed by atoms with Crippen LogP contribution in [0.3, 0.4) is 0 Å². The lowest BCUT2D eigenvalue weighted by molar-refractivity contribution is -0.124. The number of benzene rings is 2. The maximum absolute atomic E-state index is 12.4. The van der Waals surface area contributed by atoms with E-state index in [1.54, 1.807) is 13.2 Å². The van der Waals surface area contributed by atoms with Gasteiger partial charge in [-0.3, -0.25) is 4.79 Å². The third kappa shape index (κ3) is 4.98. The molecule has 0 spiro atoms. The summed E-state index contributed by atoms with van der Waals surface area (Å²) in [7, 11) is 1.54. The monoisotopic (exact) mass is 381 g/mol. The van der Waals surface area contributed by atoms with Crippen LogP contribution >= 0.6 is 0 Å². The molecular weight excluding hydrogens is 358 g/mol. The zero-order chi connectivity index (χ0) is 19.8. The molecule has 1 amide bonds. The number of amides is 1. The number of para-hydroxylation sites is 1. The van der Waals surface area contributed by atoms with Crippen molar-refractivity contribution in [2.24, 2.45) is 0 Å². The van der Waals surface area contributed by atoms with Gasteiger partial charge >= 0.3 is 5.97 Å². The Hall–Kier alpha value is -3.12. The fourth-order valence-electron chi connectivity index (χ4n) is 2.96. The first-order chi connectivity index (χ1) is 13.7. The van der Waals surface area contributed by atoms with Gasteiger partial charge in [0.15, 0.2) is 6.61 Å². The smallest absolute Gasteiger partial charge is 0.375 e. The summed E-state index contributed by atoms with van der Waals surface area (Å²) in [5.74, 6) is -0.951. The number of furan rings is 1. The second-order valence-corrected chi connectivity index (χ2v) is 6.35. The summed E-state index contributed by atoms with van der Waals surface area (Å²) in [6.07, 6.45) is 1.69. The maximum atomic E-state index is 12.4. The number of hydrogen-bond donors (Lipinski definition) is 1. The Kier molecular flexibility index (Phi) is 6.81. The number of esters is 1. The maximum Gasteiger partial charge on any atom is 0.375 e. The Balaban J connectivity index is 1.49. The van der Waals surface area contributed by atoms with Crippen LogP contribution in [0.15, 0.2) is 59.0 Å². The highest BCUT2D eigenvalue weighted by Gasteiger charge is 2.22. The number of nitrogens with one attached hydrogen (secondary N) is 1. The molecule has 0 fully saturated rings. The molecule has 1 aromatic heterocycles. The van der Waals surface area contributed by atoms with Gasteiger partial charge in [-0.2, -0.15) is 0 Å². The summed E-state index contributed by atoms with van der Waals surface area (Å²) < 4.78 is 15.9. The molecule has 0 aliphatic rings. The van der Waals surface area contributed by atoms with Crippen LogP contribution in [0.5, 0.6) is 0 Å². The Morgan fingerprint density at radius 3 is 2.57 bits per heavy atom. The van der Waals surface area contributed by atoms with Crippen molar-refractivity contribution in [1.29, 1.82) is 0 Å². The highest BCUT2D eigenvalue weighted by molar-refractivity contribution is 5.96. The lowest BCUT2D eigenvalue weighted by atomic mass is 10.1. The fraction of sp³-hybridized carbons (Fsp3) is 0.273. The van der Waals surface area contributed by atoms with E-state index in [-0.39, 0.29) is 24.9 Å². The van der Waals surface area contributed by atoms with E-state index in [4.69, 9.17) is 13.9 Å². The second kappa shape index (κ2) is 9.71. The van der Waals surface area contributed by atoms with Crippen molar-refractivity contribution in [3.05, 3.63) is 71.5 Å². The predicted octanol–water partition coefficient (Wildman–Crippen LogP) is 3.49. The lowest BCUT2D eigenvalue weighted by Crippen LogP contribution is -2.29. The molecule has 1 heterocycles. The molecule has 0 atom stereocenters. The average molecular weight is 381 g/mol. The van der Waals surface area contributed by atoms with Gasteiger partial charge in [0.1, 0.15) is 5.58 Å². The van der Waals surface area contributed by atoms with E-state index in [0.29, 0.717) is 17.7 Å². The molecule has 2 aromatic carbocycles. The van der Waals surface area contributed by atoms with Gasteiger partial charge in [0.25, 0.3) is 5.91 Å². The summed E-state index contributed by atoms with van der Waals surface area (Å²) in [6.45, 7) is 0.381. The van der Waals surface area contributed by atoms with Crippen molar-refractivity contribution in [3.8, 4) is 0 Å². The van der Waals surface area contributed by atoms with Crippen LogP contribution in [0.25, 0.3) is 11.0 Å². The number of carbonyl (C=O) groups excluding carboxylic acids is 2. The first-order valence-corrected chi connectivity index (χ1v) is 9.16. The van der Waals surface area contributed by atoms with Crippen LogP contribution in [0.4, 0.5) is 0 Å². The van der Waals surface area contributed by atoms with Crippen molar-refractivity contribution < 1.29 is 23.5 Å². The van der Waals surface area contributed by atoms with Gasteiger partial charge in [0, 0.05) is 24.6 Å². The molecule has 1 N–H and O–H groups in total. The molecule has 0 saturated carbocycles. The van der Waals surface area contributed by atoms with E-state index in [2.05, 4.69) is 17.4 Å². The summed E-state index contributed by atoms with van der Waals surface area (Å²) in [6, 6.07) is 17.3. The third-order valence-corrected chi connectivity index (χ3v) is 4.31. The molecular formula is C22H23NO5. The molecule has 0 unspecified atom stereocenters. The van der Waals surface area contributed by atoms with Crippen LogP contribution in [0.2, 0.25) is 0 Å². The summed E-state index contributed by atoms with van der Waals surface area (Å²) in [5.41, 5.74) is 2.41. The van der Waals surface area contributed by atoms with Gasteiger partial charge in [-0.15, -0.1) is 0 Å². The Morgan fingerprint density at radius 2 is 1.79 bits per heavy atom. The summed E-state index contributed by atoms with van der Waals surface area (Å²) in [4.78, 5) is 24.3. The van der Waals surface area contributed by atoms with E-state index in [9.17, 15) is 9.59 Å². The van der Waals surface area contributed by atoms with Crippen molar-refractivity contribution >= 4 is 22.8 Å². The number of carbonyl (C=O) groups is 2. The molecule has 28 heavy (non-hydrogen) atoms. The van der Waals surface area contributed by atoms with Gasteiger partial charge in [-0.05, 0) is 24.5 Å². The van der Waals surface area contributed by atoms with Crippen LogP contribution in [0, 0.1) is 0 Å². The molecule has 146 valence electrons. The normalized spacial score (nSPS) is 10.8. The molecule has 0 radical (unpaired) electrons. The molecule has 0 saturated heterocycles. The van der Waals surface area contributed by atoms with Gasteiger partial charge in [-0.25, -0.2) is 4.79 Å². The molecule has 3 rings (SSSR count). The molecule has 0 bridgehead atoms. The fourth-order valence-corrected chi connectivity index (χ4v) is 2.96. The molecule has 6 heteroatoms. The van der Waals surface area contributed by atoms with Crippen molar-refractivity contribution in [2.45, 2.75) is 19.4 Å². The largest absolute Gasteiger partial charge is 0.450 e. The minimum absolute atomic E-state index is 0.0694. The number of fused-ring (bicyclic) bond motifs is 1. The molecule has 0 aliphatic heterocycles. The van der Waals surface area contributed by atoms with Gasteiger partial charge in [0.2, 0.25) is 5.76 Å². The first kappa shape index (κ1) is 19.6. The van der Waals surface area contributed by atoms with E-state index < -0.39 is 5.97 Å². The minimum Gasteiger partial charge on any atom is -0.450 e. The number of ether oxygens (including phenoxy) is 2. The highest BCUT2D eigenvalue weighted by Crippen LogP contribution is 2.27. The summed E-state index contributed by atoms with van der Waals surface area (Å²) in [5, 5.41) is 3.55. The average Bonchev–Trinajstić information content (AvgIpc) is 3.09. The Labute approximate surface area is 163 Å². The van der Waals surface area contributed by atoms with Crippen molar-refractivity contribution in [1.82, 2.24) is 5.32 Å². The van der Waals surface area contributed by atoms with Gasteiger partial charge in [0.05, 0.1) is 6.61 Å². The van der Waals surface area contributed by atoms with Gasteiger partial charge in [-0.1, -0.05) is 48.5 Å². The SMILES string of the molecule is COCc1c(C(=O)OCC(=O)NCCCc2ccccc2)oc2ccccc12. The van der Waals surface area contributed by atoms with Crippen LogP contribution in [0.1, 0.15) is 28.1 Å². The standard InChI is InChI=1S/C22H23NO5/c1-26-14-18-17-11-5-6-12-19(17)28-21(18)22(25)27-15-20(24)23-13-7-10-16-8-3-2-4-9-16/h2-6,8-9,11-12H,7,10,13-15H2,1H3,(H,23,24). The van der Waals surface area contributed by atoms with Crippen molar-refractivity contribution in [3.63, 3.8) is 0 Å². The zero-order valence-electron chi connectivity index (χ0n) is 15.8. The third-order valence-electron chi connectivity index (χ3n) is 4.31. The topological polar surface area (TPSA) is 77.8 Å². The van der Waals surface area contributed by atoms with Gasteiger partial charge < -0.3 is 19.2 Å². The lowest BCUT2D eigenvalue weighted by Gasteiger charge is -2.07. The number of rotatable bonds is 9. The van der Waals surface area contributed by atoms with Crippen molar-refractivity contribution in [2.75, 3.05) is 20.3 Å². The van der Waals surface area contributed by atoms with E-state index in [1.807, 2.05) is 36.4 Å². The Bertz CT molecular complexity index is 933. The molecule has 6 nitrogen and oxygen atoms in total. The summed E-state index contributed by atoms with van der Waals surface area (Å²) >= 11 is 0. The number of aryl methyl sites for hydroxylation is 1. The molecule has 3 aromatic rings. The first-order valence-electron chi connectivity index (χ1n) is 9.16. The van der Waals surface area contributed by atoms with Crippen LogP contribution < -0.4 is 5.32 Å². The number of methoxy groups -OCH3 is 1. The minimum atomic E-state index is -0.678. The second-order valence-electron chi connectivity index (χ2n) is 6.35. The quantitative estimate of drug-likeness (QED) is 0.453.